The van der Waals surface area contributed by atoms with Crippen LogP contribution in [0.3, 0.4) is 0 Å². The minimum atomic E-state index is -0.232. The maximum absolute atomic E-state index is 11.7. The Morgan fingerprint density at radius 2 is 1.95 bits per heavy atom. The van der Waals surface area contributed by atoms with Gasteiger partial charge < -0.3 is 10.6 Å². The average molecular weight is 257 g/mol. The summed E-state index contributed by atoms with van der Waals surface area (Å²) in [6.07, 6.45) is 1.76. The highest BCUT2D eigenvalue weighted by Gasteiger charge is 2.13. The summed E-state index contributed by atoms with van der Waals surface area (Å²) < 4.78 is 0. The predicted octanol–water partition coefficient (Wildman–Crippen LogP) is 2.83. The van der Waals surface area contributed by atoms with Crippen LogP contribution >= 0.6 is 0 Å². The topological polar surface area (TPSA) is 54.0 Å². The molecule has 0 atom stereocenters. The van der Waals surface area contributed by atoms with Gasteiger partial charge in [-0.1, -0.05) is 18.2 Å². The van der Waals surface area contributed by atoms with E-state index in [1.54, 1.807) is 6.20 Å². The number of hydrogen-bond acceptors (Lipinski definition) is 2. The summed E-state index contributed by atoms with van der Waals surface area (Å²) in [4.78, 5) is 16.0. The van der Waals surface area contributed by atoms with E-state index < -0.39 is 0 Å². The van der Waals surface area contributed by atoms with E-state index in [2.05, 4.69) is 15.6 Å². The fourth-order valence-electron chi connectivity index (χ4n) is 1.87. The van der Waals surface area contributed by atoms with Crippen LogP contribution in [0.15, 0.2) is 36.5 Å². The van der Waals surface area contributed by atoms with Gasteiger partial charge in [-0.05, 0) is 38.5 Å². The SMILES string of the molecule is CC(C)(C)NC(=O)NCc1ccnc2ccccc12. The van der Waals surface area contributed by atoms with Crippen molar-refractivity contribution in [3.05, 3.63) is 42.1 Å². The Bertz CT molecular complexity index is 582. The molecule has 0 saturated carbocycles. The summed E-state index contributed by atoms with van der Waals surface area (Å²) in [6.45, 7) is 6.35. The van der Waals surface area contributed by atoms with E-state index in [-0.39, 0.29) is 11.6 Å². The first kappa shape index (κ1) is 13.3. The average Bonchev–Trinajstić information content (AvgIpc) is 2.34. The summed E-state index contributed by atoms with van der Waals surface area (Å²) >= 11 is 0. The number of aromatic nitrogens is 1. The summed E-state index contributed by atoms with van der Waals surface area (Å²) in [5, 5.41) is 6.81. The number of fused-ring (bicyclic) bond motifs is 1. The van der Waals surface area contributed by atoms with Crippen molar-refractivity contribution in [2.24, 2.45) is 0 Å². The molecule has 2 rings (SSSR count). The number of nitrogens with one attached hydrogen (secondary N) is 2. The van der Waals surface area contributed by atoms with Crippen LogP contribution in [0.25, 0.3) is 10.9 Å². The van der Waals surface area contributed by atoms with Crippen LogP contribution in [-0.4, -0.2) is 16.6 Å². The minimum Gasteiger partial charge on any atom is -0.334 e. The Morgan fingerprint density at radius 1 is 1.21 bits per heavy atom. The molecule has 0 bridgehead atoms. The third-order valence-electron chi connectivity index (χ3n) is 2.67. The monoisotopic (exact) mass is 257 g/mol. The molecule has 4 nitrogen and oxygen atoms in total. The Hall–Kier alpha value is -2.10. The van der Waals surface area contributed by atoms with E-state index in [0.717, 1.165) is 16.5 Å². The van der Waals surface area contributed by atoms with Gasteiger partial charge in [0.05, 0.1) is 5.52 Å². The Morgan fingerprint density at radius 3 is 2.68 bits per heavy atom. The van der Waals surface area contributed by atoms with Crippen molar-refractivity contribution in [3.63, 3.8) is 0 Å². The molecule has 1 aromatic heterocycles. The standard InChI is InChI=1S/C15H19N3O/c1-15(2,3)18-14(19)17-10-11-8-9-16-13-7-5-4-6-12(11)13/h4-9H,10H2,1-3H3,(H2,17,18,19). The molecule has 1 aromatic carbocycles. The number of rotatable bonds is 2. The summed E-state index contributed by atoms with van der Waals surface area (Å²) in [5.41, 5.74) is 1.78. The van der Waals surface area contributed by atoms with Gasteiger partial charge in [-0.2, -0.15) is 0 Å². The molecule has 0 aliphatic rings. The highest BCUT2D eigenvalue weighted by molar-refractivity contribution is 5.82. The van der Waals surface area contributed by atoms with Crippen molar-refractivity contribution >= 4 is 16.9 Å². The first-order chi connectivity index (χ1) is 8.96. The van der Waals surface area contributed by atoms with Crippen molar-refractivity contribution < 1.29 is 4.79 Å². The van der Waals surface area contributed by atoms with Gasteiger partial charge in [0, 0.05) is 23.7 Å². The molecule has 0 fully saturated rings. The van der Waals surface area contributed by atoms with Gasteiger partial charge in [-0.3, -0.25) is 4.98 Å². The van der Waals surface area contributed by atoms with Crippen LogP contribution in [-0.2, 0) is 6.54 Å². The lowest BCUT2D eigenvalue weighted by molar-refractivity contribution is 0.231. The van der Waals surface area contributed by atoms with Crippen LogP contribution in [0.4, 0.5) is 4.79 Å². The zero-order valence-corrected chi connectivity index (χ0v) is 11.5. The molecular weight excluding hydrogens is 238 g/mol. The molecule has 100 valence electrons. The number of carbonyl (C=O) groups is 1. The Balaban J connectivity index is 2.08. The molecule has 2 N–H and O–H groups in total. The van der Waals surface area contributed by atoms with Crippen molar-refractivity contribution in [2.45, 2.75) is 32.9 Å². The lowest BCUT2D eigenvalue weighted by Crippen LogP contribution is -2.46. The van der Waals surface area contributed by atoms with Crippen LogP contribution in [0.1, 0.15) is 26.3 Å². The van der Waals surface area contributed by atoms with Crippen LogP contribution in [0, 0.1) is 0 Å². The van der Waals surface area contributed by atoms with Gasteiger partial charge in [0.25, 0.3) is 0 Å². The molecule has 1 heterocycles. The van der Waals surface area contributed by atoms with E-state index in [1.165, 1.54) is 0 Å². The molecule has 0 spiro atoms. The predicted molar refractivity (Wildman–Crippen MR) is 76.9 cm³/mol. The van der Waals surface area contributed by atoms with Crippen molar-refractivity contribution in [1.29, 1.82) is 0 Å². The number of benzene rings is 1. The van der Waals surface area contributed by atoms with E-state index >= 15 is 0 Å². The molecule has 0 aliphatic heterocycles. The van der Waals surface area contributed by atoms with Gasteiger partial charge in [-0.15, -0.1) is 0 Å². The van der Waals surface area contributed by atoms with Gasteiger partial charge in [0.1, 0.15) is 0 Å². The number of nitrogens with zero attached hydrogens (tertiary/aromatic N) is 1. The van der Waals surface area contributed by atoms with Crippen molar-refractivity contribution in [2.75, 3.05) is 0 Å². The highest BCUT2D eigenvalue weighted by atomic mass is 16.2. The molecule has 19 heavy (non-hydrogen) atoms. The van der Waals surface area contributed by atoms with Gasteiger partial charge in [0.2, 0.25) is 0 Å². The number of carbonyl (C=O) groups excluding carboxylic acids is 1. The second kappa shape index (κ2) is 5.26. The van der Waals surface area contributed by atoms with Gasteiger partial charge in [0.15, 0.2) is 0 Å². The van der Waals surface area contributed by atoms with Crippen molar-refractivity contribution in [3.8, 4) is 0 Å². The molecule has 2 aromatic rings. The largest absolute Gasteiger partial charge is 0.334 e. The third kappa shape index (κ3) is 3.68. The summed E-state index contributed by atoms with van der Waals surface area (Å²) in [6, 6.07) is 9.68. The second-order valence-electron chi connectivity index (χ2n) is 5.54. The maximum Gasteiger partial charge on any atom is 0.315 e. The normalized spacial score (nSPS) is 11.3. The Kier molecular flexibility index (Phi) is 3.69. The second-order valence-corrected chi connectivity index (χ2v) is 5.54. The van der Waals surface area contributed by atoms with E-state index in [0.29, 0.717) is 6.54 Å². The molecule has 0 aliphatic carbocycles. The fraction of sp³-hybridized carbons (Fsp3) is 0.333. The summed E-state index contributed by atoms with van der Waals surface area (Å²) in [5.74, 6) is 0. The van der Waals surface area contributed by atoms with Crippen LogP contribution in [0.2, 0.25) is 0 Å². The number of urea groups is 1. The van der Waals surface area contributed by atoms with Crippen molar-refractivity contribution in [1.82, 2.24) is 15.6 Å². The lowest BCUT2D eigenvalue weighted by Gasteiger charge is -2.20. The maximum atomic E-state index is 11.7. The molecule has 0 saturated heterocycles. The minimum absolute atomic E-state index is 0.159. The summed E-state index contributed by atoms with van der Waals surface area (Å²) in [7, 11) is 0. The van der Waals surface area contributed by atoms with E-state index in [4.69, 9.17) is 0 Å². The number of pyridine rings is 1. The zero-order valence-electron chi connectivity index (χ0n) is 11.5. The molecule has 2 amide bonds. The number of hydrogen-bond donors (Lipinski definition) is 2. The van der Waals surface area contributed by atoms with Crippen LogP contribution < -0.4 is 10.6 Å². The van der Waals surface area contributed by atoms with Gasteiger partial charge >= 0.3 is 6.03 Å². The van der Waals surface area contributed by atoms with E-state index in [9.17, 15) is 4.79 Å². The zero-order chi connectivity index (χ0) is 13.9. The number of amides is 2. The van der Waals surface area contributed by atoms with Gasteiger partial charge in [-0.25, -0.2) is 4.79 Å². The third-order valence-corrected chi connectivity index (χ3v) is 2.67. The smallest absolute Gasteiger partial charge is 0.315 e. The van der Waals surface area contributed by atoms with E-state index in [1.807, 2.05) is 51.1 Å². The quantitative estimate of drug-likeness (QED) is 0.869. The molecule has 0 radical (unpaired) electrons. The fourth-order valence-corrected chi connectivity index (χ4v) is 1.87. The first-order valence-corrected chi connectivity index (χ1v) is 6.34. The Labute approximate surface area is 113 Å². The molecule has 4 heteroatoms. The number of para-hydroxylation sites is 1. The first-order valence-electron chi connectivity index (χ1n) is 6.34. The molecular formula is C15H19N3O. The van der Waals surface area contributed by atoms with Crippen LogP contribution in [0.5, 0.6) is 0 Å². The lowest BCUT2D eigenvalue weighted by atomic mass is 10.1. The highest BCUT2D eigenvalue weighted by Crippen LogP contribution is 2.15. The molecule has 0 unspecified atom stereocenters.